The number of benzene rings is 2. The van der Waals surface area contributed by atoms with E-state index in [1.54, 1.807) is 0 Å². The first-order valence-electron chi connectivity index (χ1n) is 11.2. The number of likely N-dealkylation sites (N-methyl/N-ethyl adjacent to an activating group) is 1. The highest BCUT2D eigenvalue weighted by atomic mass is 15.0. The fraction of sp³-hybridized carbons (Fsp3) is 0.346. The molecule has 0 spiro atoms. The SMILES string of the molecule is CN/C=C(\C=N)c1ccc2c(c1)C(Nc1ccc(CCN(C)C)cc1)CCN/C2=C(/C)N. The van der Waals surface area contributed by atoms with E-state index in [2.05, 4.69) is 77.4 Å². The smallest absolute Gasteiger partial charge is 0.0605 e. The Morgan fingerprint density at radius 1 is 1.22 bits per heavy atom. The monoisotopic (exact) mass is 432 g/mol. The van der Waals surface area contributed by atoms with Crippen molar-refractivity contribution in [3.05, 3.63) is 76.6 Å². The Kier molecular flexibility index (Phi) is 7.95. The minimum absolute atomic E-state index is 0.128. The minimum Gasteiger partial charge on any atom is -0.401 e. The van der Waals surface area contributed by atoms with Crippen LogP contribution in [0.3, 0.4) is 0 Å². The lowest BCUT2D eigenvalue weighted by molar-refractivity contribution is 0.413. The first-order chi connectivity index (χ1) is 15.4. The molecule has 0 radical (unpaired) electrons. The average Bonchev–Trinajstić information content (AvgIpc) is 2.96. The maximum absolute atomic E-state index is 7.81. The fourth-order valence-electron chi connectivity index (χ4n) is 4.04. The molecule has 0 saturated heterocycles. The van der Waals surface area contributed by atoms with E-state index in [0.29, 0.717) is 0 Å². The maximum atomic E-state index is 7.81. The van der Waals surface area contributed by atoms with Crippen LogP contribution in [0.4, 0.5) is 5.69 Å². The molecule has 0 saturated carbocycles. The summed E-state index contributed by atoms with van der Waals surface area (Å²) in [4.78, 5) is 2.20. The van der Waals surface area contributed by atoms with Gasteiger partial charge in [0.1, 0.15) is 0 Å². The highest BCUT2D eigenvalue weighted by Gasteiger charge is 2.23. The van der Waals surface area contributed by atoms with E-state index >= 15 is 0 Å². The van der Waals surface area contributed by atoms with E-state index in [1.807, 2.05) is 20.2 Å². The second-order valence-corrected chi connectivity index (χ2v) is 8.56. The number of anilines is 1. The molecule has 1 aliphatic rings. The number of rotatable bonds is 8. The van der Waals surface area contributed by atoms with Crippen molar-refractivity contribution in [3.8, 4) is 0 Å². The van der Waals surface area contributed by atoms with Gasteiger partial charge in [0.15, 0.2) is 0 Å². The quantitative estimate of drug-likeness (QED) is 0.410. The van der Waals surface area contributed by atoms with Crippen molar-refractivity contribution < 1.29 is 0 Å². The molecule has 2 aromatic carbocycles. The number of nitrogens with one attached hydrogen (secondary N) is 4. The number of hydrogen-bond acceptors (Lipinski definition) is 6. The Bertz CT molecular complexity index is 984. The van der Waals surface area contributed by atoms with Crippen molar-refractivity contribution in [3.63, 3.8) is 0 Å². The molecule has 1 aliphatic heterocycles. The zero-order valence-electron chi connectivity index (χ0n) is 19.6. The number of nitrogens with zero attached hydrogens (tertiary/aromatic N) is 1. The summed E-state index contributed by atoms with van der Waals surface area (Å²) < 4.78 is 0. The summed E-state index contributed by atoms with van der Waals surface area (Å²) in [7, 11) is 6.05. The molecule has 0 aliphatic carbocycles. The Morgan fingerprint density at radius 3 is 2.59 bits per heavy atom. The molecular formula is C26H36N6. The van der Waals surface area contributed by atoms with Crippen LogP contribution < -0.4 is 21.7 Å². The predicted molar refractivity (Wildman–Crippen MR) is 137 cm³/mol. The molecule has 2 aromatic rings. The van der Waals surface area contributed by atoms with Crippen molar-refractivity contribution in [2.75, 3.05) is 39.5 Å². The van der Waals surface area contributed by atoms with Gasteiger partial charge in [-0.1, -0.05) is 24.3 Å². The van der Waals surface area contributed by atoms with Crippen LogP contribution >= 0.6 is 0 Å². The van der Waals surface area contributed by atoms with Crippen LogP contribution in [0.5, 0.6) is 0 Å². The summed E-state index contributed by atoms with van der Waals surface area (Å²) in [5.41, 5.74) is 14.6. The van der Waals surface area contributed by atoms with Crippen molar-refractivity contribution in [1.29, 1.82) is 5.41 Å². The van der Waals surface area contributed by atoms with Crippen molar-refractivity contribution >= 4 is 23.2 Å². The van der Waals surface area contributed by atoms with Crippen molar-refractivity contribution in [2.45, 2.75) is 25.8 Å². The molecule has 0 bridgehead atoms. The second kappa shape index (κ2) is 10.9. The molecule has 3 rings (SSSR count). The summed E-state index contributed by atoms with van der Waals surface area (Å²) >= 11 is 0. The van der Waals surface area contributed by atoms with Gasteiger partial charge in [-0.15, -0.1) is 0 Å². The summed E-state index contributed by atoms with van der Waals surface area (Å²) in [6, 6.07) is 15.2. The van der Waals surface area contributed by atoms with Crippen LogP contribution in [0.2, 0.25) is 0 Å². The molecule has 32 heavy (non-hydrogen) atoms. The zero-order valence-corrected chi connectivity index (χ0v) is 19.6. The fourth-order valence-corrected chi connectivity index (χ4v) is 4.04. The van der Waals surface area contributed by atoms with Gasteiger partial charge in [0.2, 0.25) is 0 Å². The first kappa shape index (κ1) is 23.4. The molecule has 1 heterocycles. The Balaban J connectivity index is 1.94. The van der Waals surface area contributed by atoms with Gasteiger partial charge < -0.3 is 32.0 Å². The molecule has 6 nitrogen and oxygen atoms in total. The van der Waals surface area contributed by atoms with E-state index in [0.717, 1.165) is 59.7 Å². The second-order valence-electron chi connectivity index (χ2n) is 8.56. The first-order valence-corrected chi connectivity index (χ1v) is 11.2. The summed E-state index contributed by atoms with van der Waals surface area (Å²) in [6.07, 6.45) is 5.20. The van der Waals surface area contributed by atoms with Gasteiger partial charge in [-0.05, 0) is 68.8 Å². The molecule has 0 aromatic heterocycles. The number of fused-ring (bicyclic) bond motifs is 1. The van der Waals surface area contributed by atoms with E-state index < -0.39 is 0 Å². The van der Waals surface area contributed by atoms with Gasteiger partial charge >= 0.3 is 0 Å². The summed E-state index contributed by atoms with van der Waals surface area (Å²) in [5, 5.41) is 18.1. The van der Waals surface area contributed by atoms with Crippen LogP contribution in [-0.2, 0) is 6.42 Å². The van der Waals surface area contributed by atoms with Crippen LogP contribution in [0.25, 0.3) is 11.3 Å². The highest BCUT2D eigenvalue weighted by Crippen LogP contribution is 2.34. The van der Waals surface area contributed by atoms with Gasteiger partial charge in [0, 0.05) is 55.1 Å². The summed E-state index contributed by atoms with van der Waals surface area (Å²) in [6.45, 7) is 3.81. The Hall–Kier alpha value is -3.25. The third kappa shape index (κ3) is 5.71. The third-order valence-corrected chi connectivity index (χ3v) is 5.76. The topological polar surface area (TPSA) is 89.2 Å². The van der Waals surface area contributed by atoms with E-state index in [4.69, 9.17) is 11.1 Å². The van der Waals surface area contributed by atoms with Crippen LogP contribution in [0.1, 0.15) is 41.6 Å². The molecule has 6 heteroatoms. The standard InChI is InChI=1S/C26H36N6/c1-18(28)26-23-10-7-20(21(16-27)17-29-2)15-24(23)25(11-13-30-26)31-22-8-5-19(6-9-22)12-14-32(3)4/h5-10,15-17,25,27,29-31H,11-14,28H2,1-4H3/b21-17+,26-18-,27-16?. The van der Waals surface area contributed by atoms with E-state index in [-0.39, 0.29) is 6.04 Å². The van der Waals surface area contributed by atoms with Crippen molar-refractivity contribution in [1.82, 2.24) is 15.5 Å². The van der Waals surface area contributed by atoms with Gasteiger partial charge in [-0.25, -0.2) is 0 Å². The highest BCUT2D eigenvalue weighted by molar-refractivity contribution is 6.08. The van der Waals surface area contributed by atoms with Gasteiger partial charge in [-0.3, -0.25) is 0 Å². The predicted octanol–water partition coefficient (Wildman–Crippen LogP) is 3.79. The van der Waals surface area contributed by atoms with E-state index in [1.165, 1.54) is 17.3 Å². The normalized spacial score (nSPS) is 17.8. The number of nitrogens with two attached hydrogens (primary N) is 1. The molecule has 6 N–H and O–H groups in total. The zero-order chi connectivity index (χ0) is 23.1. The molecular weight excluding hydrogens is 396 g/mol. The van der Waals surface area contributed by atoms with Crippen LogP contribution in [-0.4, -0.2) is 45.3 Å². The maximum Gasteiger partial charge on any atom is 0.0605 e. The van der Waals surface area contributed by atoms with Crippen LogP contribution in [0.15, 0.2) is 54.4 Å². The van der Waals surface area contributed by atoms with Gasteiger partial charge in [0.05, 0.1) is 11.7 Å². The summed E-state index contributed by atoms with van der Waals surface area (Å²) in [5.74, 6) is 0. The number of allylic oxidation sites excluding steroid dienone is 2. The lowest BCUT2D eigenvalue weighted by Gasteiger charge is -2.22. The average molecular weight is 433 g/mol. The van der Waals surface area contributed by atoms with Gasteiger partial charge in [0.25, 0.3) is 0 Å². The van der Waals surface area contributed by atoms with E-state index in [9.17, 15) is 0 Å². The molecule has 0 fully saturated rings. The molecule has 170 valence electrons. The largest absolute Gasteiger partial charge is 0.401 e. The molecule has 1 atom stereocenters. The van der Waals surface area contributed by atoms with Gasteiger partial charge in [-0.2, -0.15) is 0 Å². The molecule has 0 amide bonds. The third-order valence-electron chi connectivity index (χ3n) is 5.76. The lowest BCUT2D eigenvalue weighted by atomic mass is 9.92. The lowest BCUT2D eigenvalue weighted by Crippen LogP contribution is -2.17. The number of hydrogen-bond donors (Lipinski definition) is 5. The van der Waals surface area contributed by atoms with Crippen LogP contribution in [0, 0.1) is 5.41 Å². The Morgan fingerprint density at radius 2 is 1.97 bits per heavy atom. The Labute approximate surface area is 192 Å². The van der Waals surface area contributed by atoms with Crippen molar-refractivity contribution in [2.24, 2.45) is 5.73 Å². The minimum atomic E-state index is 0.128. The molecule has 1 unspecified atom stereocenters.